The summed E-state index contributed by atoms with van der Waals surface area (Å²) in [5.41, 5.74) is 1.23. The molecule has 1 aromatic carbocycles. The van der Waals surface area contributed by atoms with E-state index in [1.54, 1.807) is 12.1 Å². The average molecular weight is 330 g/mol. The van der Waals surface area contributed by atoms with Crippen molar-refractivity contribution in [1.82, 2.24) is 0 Å². The first-order valence-electron chi connectivity index (χ1n) is 9.31. The van der Waals surface area contributed by atoms with Crippen molar-refractivity contribution in [2.24, 2.45) is 5.92 Å². The Morgan fingerprint density at radius 2 is 2.00 bits per heavy atom. The molecular weight excluding hydrogens is 300 g/mol. The molecule has 0 heterocycles. The van der Waals surface area contributed by atoms with Crippen LogP contribution < -0.4 is 4.74 Å². The molecule has 0 N–H and O–H groups in total. The van der Waals surface area contributed by atoms with Crippen molar-refractivity contribution in [2.75, 3.05) is 0 Å². The zero-order valence-electron chi connectivity index (χ0n) is 15.0. The fraction of sp³-hybridized carbons (Fsp3) is 0.571. The Morgan fingerprint density at radius 1 is 1.21 bits per heavy atom. The molecule has 0 aromatic heterocycles. The van der Waals surface area contributed by atoms with Gasteiger partial charge in [0.2, 0.25) is 0 Å². The predicted octanol–water partition coefficient (Wildman–Crippen LogP) is 6.29. The summed E-state index contributed by atoms with van der Waals surface area (Å²) in [6, 6.07) is 9.03. The molecular formula is C21H30O3. The van der Waals surface area contributed by atoms with Gasteiger partial charge in [-0.25, -0.2) is 4.79 Å². The van der Waals surface area contributed by atoms with Crippen molar-refractivity contribution >= 4 is 6.16 Å². The highest BCUT2D eigenvalue weighted by Crippen LogP contribution is 2.30. The highest BCUT2D eigenvalue weighted by atomic mass is 16.7. The van der Waals surface area contributed by atoms with Gasteiger partial charge in [0.15, 0.2) is 0 Å². The molecule has 0 saturated heterocycles. The van der Waals surface area contributed by atoms with Gasteiger partial charge in [0.25, 0.3) is 0 Å². The lowest BCUT2D eigenvalue weighted by molar-refractivity contribution is 0.0763. The van der Waals surface area contributed by atoms with Crippen molar-refractivity contribution < 1.29 is 14.3 Å². The molecule has 0 aliphatic heterocycles. The number of ether oxygens (including phenoxy) is 2. The van der Waals surface area contributed by atoms with Gasteiger partial charge in [-0.2, -0.15) is 0 Å². The average Bonchev–Trinajstić information content (AvgIpc) is 2.60. The third-order valence-corrected chi connectivity index (χ3v) is 4.76. The van der Waals surface area contributed by atoms with Gasteiger partial charge in [0, 0.05) is 0 Å². The van der Waals surface area contributed by atoms with Crippen LogP contribution in [0.25, 0.3) is 0 Å². The van der Waals surface area contributed by atoms with Crippen LogP contribution in [0.3, 0.4) is 0 Å². The van der Waals surface area contributed by atoms with E-state index in [9.17, 15) is 4.79 Å². The Balaban J connectivity index is 1.72. The number of carbonyl (C=O) groups excluding carboxylic acids is 1. The van der Waals surface area contributed by atoms with Gasteiger partial charge in [-0.15, -0.1) is 0 Å². The lowest BCUT2D eigenvalue weighted by Gasteiger charge is -2.25. The van der Waals surface area contributed by atoms with E-state index in [1.807, 2.05) is 25.1 Å². The molecule has 2 rings (SSSR count). The first kappa shape index (κ1) is 18.6. The van der Waals surface area contributed by atoms with E-state index in [2.05, 4.69) is 13.0 Å². The van der Waals surface area contributed by atoms with E-state index in [0.717, 1.165) is 18.8 Å². The van der Waals surface area contributed by atoms with Crippen LogP contribution in [0.5, 0.6) is 5.75 Å². The molecule has 0 radical (unpaired) electrons. The second-order valence-corrected chi connectivity index (χ2v) is 6.69. The van der Waals surface area contributed by atoms with Crippen LogP contribution in [-0.2, 0) is 4.74 Å². The van der Waals surface area contributed by atoms with E-state index < -0.39 is 6.16 Å². The highest BCUT2D eigenvalue weighted by Gasteiger charge is 2.21. The Labute approximate surface area is 146 Å². The molecule has 132 valence electrons. The highest BCUT2D eigenvalue weighted by molar-refractivity contribution is 5.64. The summed E-state index contributed by atoms with van der Waals surface area (Å²) < 4.78 is 10.6. The largest absolute Gasteiger partial charge is 0.514 e. The summed E-state index contributed by atoms with van der Waals surface area (Å²) in [6.07, 6.45) is 11.5. The van der Waals surface area contributed by atoms with E-state index in [4.69, 9.17) is 9.47 Å². The second-order valence-electron chi connectivity index (χ2n) is 6.69. The van der Waals surface area contributed by atoms with Crippen LogP contribution in [-0.4, -0.2) is 12.3 Å². The maximum absolute atomic E-state index is 11.9. The van der Waals surface area contributed by atoms with Crippen LogP contribution in [0.15, 0.2) is 42.0 Å². The summed E-state index contributed by atoms with van der Waals surface area (Å²) in [6.45, 7) is 4.18. The van der Waals surface area contributed by atoms with E-state index in [1.165, 1.54) is 44.1 Å². The Morgan fingerprint density at radius 3 is 2.67 bits per heavy atom. The summed E-state index contributed by atoms with van der Waals surface area (Å²) >= 11 is 0. The zero-order chi connectivity index (χ0) is 17.2. The molecule has 1 aliphatic rings. The molecule has 0 saturated carbocycles. The van der Waals surface area contributed by atoms with Gasteiger partial charge in [-0.3, -0.25) is 0 Å². The molecule has 0 bridgehead atoms. The van der Waals surface area contributed by atoms with E-state index in [-0.39, 0.29) is 6.10 Å². The number of hydrogen-bond donors (Lipinski definition) is 0. The van der Waals surface area contributed by atoms with Gasteiger partial charge in [0.05, 0.1) is 0 Å². The standard InChI is InChI=1S/C21H30O3/c1-3-4-5-7-10-18-13-15-19(16-14-18)17(2)23-21(22)24-20-11-8-6-9-12-20/h6,8-9,11-12,15,17-18H,3-5,7,10,13-14,16H2,1-2H3. The molecule has 0 fully saturated rings. The normalized spacial score (nSPS) is 18.6. The zero-order valence-corrected chi connectivity index (χ0v) is 15.0. The van der Waals surface area contributed by atoms with Gasteiger partial charge in [-0.05, 0) is 49.8 Å². The monoisotopic (exact) mass is 330 g/mol. The summed E-state index contributed by atoms with van der Waals surface area (Å²) in [5, 5.41) is 0. The molecule has 2 unspecified atom stereocenters. The van der Waals surface area contributed by atoms with Crippen molar-refractivity contribution in [3.8, 4) is 5.75 Å². The fourth-order valence-electron chi connectivity index (χ4n) is 3.23. The number of allylic oxidation sites excluding steroid dienone is 1. The van der Waals surface area contributed by atoms with Gasteiger partial charge < -0.3 is 9.47 Å². The van der Waals surface area contributed by atoms with Crippen molar-refractivity contribution in [2.45, 2.75) is 71.3 Å². The van der Waals surface area contributed by atoms with Crippen molar-refractivity contribution in [3.63, 3.8) is 0 Å². The maximum Gasteiger partial charge on any atom is 0.514 e. The second kappa shape index (κ2) is 10.2. The fourth-order valence-corrected chi connectivity index (χ4v) is 3.23. The lowest BCUT2D eigenvalue weighted by Crippen LogP contribution is -2.22. The first-order chi connectivity index (χ1) is 11.7. The number of carbonyl (C=O) groups is 1. The van der Waals surface area contributed by atoms with Crippen molar-refractivity contribution in [1.29, 1.82) is 0 Å². The molecule has 24 heavy (non-hydrogen) atoms. The number of para-hydroxylation sites is 1. The van der Waals surface area contributed by atoms with Crippen LogP contribution >= 0.6 is 0 Å². The van der Waals surface area contributed by atoms with Crippen LogP contribution in [0.4, 0.5) is 4.79 Å². The van der Waals surface area contributed by atoms with Gasteiger partial charge in [0.1, 0.15) is 11.9 Å². The van der Waals surface area contributed by atoms with Crippen LogP contribution in [0.2, 0.25) is 0 Å². The summed E-state index contributed by atoms with van der Waals surface area (Å²) in [7, 11) is 0. The Hall–Kier alpha value is -1.77. The van der Waals surface area contributed by atoms with Crippen LogP contribution in [0.1, 0.15) is 65.2 Å². The Bertz CT molecular complexity index is 521. The SMILES string of the molecule is CCCCCCC1CC=C(C(C)OC(=O)Oc2ccccc2)CC1. The third kappa shape index (κ3) is 6.38. The minimum Gasteiger partial charge on any atom is -0.426 e. The van der Waals surface area contributed by atoms with Crippen LogP contribution in [0, 0.1) is 5.92 Å². The lowest BCUT2D eigenvalue weighted by atomic mass is 9.84. The molecule has 2 atom stereocenters. The van der Waals surface area contributed by atoms with E-state index in [0.29, 0.717) is 5.75 Å². The smallest absolute Gasteiger partial charge is 0.426 e. The summed E-state index contributed by atoms with van der Waals surface area (Å²) in [5.74, 6) is 1.31. The molecule has 1 aromatic rings. The number of benzene rings is 1. The van der Waals surface area contributed by atoms with Crippen molar-refractivity contribution in [3.05, 3.63) is 42.0 Å². The van der Waals surface area contributed by atoms with E-state index >= 15 is 0 Å². The molecule has 0 spiro atoms. The maximum atomic E-state index is 11.9. The predicted molar refractivity (Wildman–Crippen MR) is 97.2 cm³/mol. The minimum absolute atomic E-state index is 0.206. The quantitative estimate of drug-likeness (QED) is 0.243. The molecule has 1 aliphatic carbocycles. The minimum atomic E-state index is -0.628. The Kier molecular flexibility index (Phi) is 7.87. The molecule has 0 amide bonds. The number of hydrogen-bond acceptors (Lipinski definition) is 3. The van der Waals surface area contributed by atoms with Gasteiger partial charge >= 0.3 is 6.16 Å². The molecule has 3 heteroatoms. The van der Waals surface area contributed by atoms with Gasteiger partial charge in [-0.1, -0.05) is 63.3 Å². The number of rotatable bonds is 8. The topological polar surface area (TPSA) is 35.5 Å². The molecule has 3 nitrogen and oxygen atoms in total. The number of unbranched alkanes of at least 4 members (excludes halogenated alkanes) is 3. The first-order valence-corrected chi connectivity index (χ1v) is 9.31. The summed E-state index contributed by atoms with van der Waals surface area (Å²) in [4.78, 5) is 11.9. The third-order valence-electron chi connectivity index (χ3n) is 4.76.